The second-order valence-corrected chi connectivity index (χ2v) is 6.03. The molecule has 0 aliphatic carbocycles. The van der Waals surface area contributed by atoms with E-state index in [1.807, 2.05) is 0 Å². The molecule has 3 aromatic rings. The smallest absolute Gasteiger partial charge is 0.351 e. The van der Waals surface area contributed by atoms with Gasteiger partial charge in [-0.05, 0) is 25.5 Å². The Morgan fingerprint density at radius 2 is 1.96 bits per heavy atom. The van der Waals surface area contributed by atoms with Crippen LogP contribution in [0.5, 0.6) is 0 Å². The molecule has 0 fully saturated rings. The molecule has 0 atom stereocenters. The van der Waals surface area contributed by atoms with Crippen LogP contribution in [0.1, 0.15) is 28.3 Å². The first-order valence-electron chi connectivity index (χ1n) is 8.17. The summed E-state index contributed by atoms with van der Waals surface area (Å²) < 4.78 is 68.0. The SMILES string of the molecule is Cc1cc(C(F)(F)C(F)(F)F)n2nc(C(=O)NCCCn3cccn3)cc2n1. The van der Waals surface area contributed by atoms with Gasteiger partial charge in [0, 0.05) is 37.2 Å². The van der Waals surface area contributed by atoms with Gasteiger partial charge < -0.3 is 5.32 Å². The van der Waals surface area contributed by atoms with Gasteiger partial charge >= 0.3 is 12.1 Å². The Morgan fingerprint density at radius 3 is 2.61 bits per heavy atom. The maximum absolute atomic E-state index is 13.8. The summed E-state index contributed by atoms with van der Waals surface area (Å²) in [6.45, 7) is 2.06. The molecule has 0 unspecified atom stereocenters. The van der Waals surface area contributed by atoms with Crippen molar-refractivity contribution in [3.63, 3.8) is 0 Å². The largest absolute Gasteiger partial charge is 0.459 e. The molecule has 150 valence electrons. The van der Waals surface area contributed by atoms with Crippen molar-refractivity contribution in [1.29, 1.82) is 0 Å². The van der Waals surface area contributed by atoms with Gasteiger partial charge in [0.05, 0.1) is 0 Å². The number of hydrogen-bond acceptors (Lipinski definition) is 4. The first kappa shape index (κ1) is 19.7. The lowest BCUT2D eigenvalue weighted by Crippen LogP contribution is -2.36. The maximum Gasteiger partial charge on any atom is 0.459 e. The van der Waals surface area contributed by atoms with E-state index in [4.69, 9.17) is 0 Å². The lowest BCUT2D eigenvalue weighted by Gasteiger charge is -2.20. The molecule has 7 nitrogen and oxygen atoms in total. The molecule has 0 aliphatic rings. The van der Waals surface area contributed by atoms with E-state index in [2.05, 4.69) is 20.5 Å². The highest BCUT2D eigenvalue weighted by Crippen LogP contribution is 2.43. The summed E-state index contributed by atoms with van der Waals surface area (Å²) in [4.78, 5) is 16.0. The van der Waals surface area contributed by atoms with Gasteiger partial charge in [0.15, 0.2) is 11.3 Å². The number of amides is 1. The zero-order chi connectivity index (χ0) is 20.5. The van der Waals surface area contributed by atoms with E-state index < -0.39 is 23.7 Å². The van der Waals surface area contributed by atoms with Crippen molar-refractivity contribution in [2.75, 3.05) is 6.54 Å². The van der Waals surface area contributed by atoms with E-state index in [9.17, 15) is 26.7 Å². The molecule has 0 aromatic carbocycles. The number of nitrogens with zero attached hydrogens (tertiary/aromatic N) is 5. The van der Waals surface area contributed by atoms with Gasteiger partial charge in [0.25, 0.3) is 5.91 Å². The lowest BCUT2D eigenvalue weighted by atomic mass is 10.2. The van der Waals surface area contributed by atoms with Crippen molar-refractivity contribution in [3.05, 3.63) is 47.7 Å². The minimum Gasteiger partial charge on any atom is -0.351 e. The van der Waals surface area contributed by atoms with Crippen molar-refractivity contribution in [2.45, 2.75) is 32.0 Å². The Balaban J connectivity index is 1.79. The van der Waals surface area contributed by atoms with E-state index in [0.717, 1.165) is 6.07 Å². The molecule has 1 amide bonds. The number of aryl methyl sites for hydroxylation is 2. The van der Waals surface area contributed by atoms with Crippen molar-refractivity contribution >= 4 is 11.6 Å². The van der Waals surface area contributed by atoms with E-state index >= 15 is 0 Å². The molecule has 0 bridgehead atoms. The molecule has 0 saturated carbocycles. The number of rotatable bonds is 6. The van der Waals surface area contributed by atoms with Gasteiger partial charge in [-0.2, -0.15) is 32.1 Å². The number of hydrogen-bond donors (Lipinski definition) is 1. The summed E-state index contributed by atoms with van der Waals surface area (Å²) in [5, 5.41) is 10.1. The Hall–Kier alpha value is -3.05. The lowest BCUT2D eigenvalue weighted by molar-refractivity contribution is -0.291. The van der Waals surface area contributed by atoms with Crippen LogP contribution in [0.2, 0.25) is 0 Å². The summed E-state index contributed by atoms with van der Waals surface area (Å²) >= 11 is 0. The van der Waals surface area contributed by atoms with Gasteiger partial charge in [-0.3, -0.25) is 9.48 Å². The summed E-state index contributed by atoms with van der Waals surface area (Å²) in [6, 6.07) is 3.41. The van der Waals surface area contributed by atoms with Crippen molar-refractivity contribution in [2.24, 2.45) is 0 Å². The van der Waals surface area contributed by atoms with Crippen LogP contribution in [-0.2, 0) is 12.5 Å². The van der Waals surface area contributed by atoms with Gasteiger partial charge in [-0.25, -0.2) is 9.50 Å². The first-order chi connectivity index (χ1) is 13.1. The van der Waals surface area contributed by atoms with E-state index in [1.165, 1.54) is 6.92 Å². The van der Waals surface area contributed by atoms with E-state index in [-0.39, 0.29) is 23.6 Å². The van der Waals surface area contributed by atoms with Crippen LogP contribution in [-0.4, -0.2) is 43.0 Å². The summed E-state index contributed by atoms with van der Waals surface area (Å²) in [6.07, 6.45) is -1.91. The molecular formula is C16H15F5N6O. The summed E-state index contributed by atoms with van der Waals surface area (Å²) in [5.74, 6) is -5.85. The number of halogens is 5. The van der Waals surface area contributed by atoms with Gasteiger partial charge in [-0.1, -0.05) is 0 Å². The predicted octanol–water partition coefficient (Wildman–Crippen LogP) is 2.71. The Morgan fingerprint density at radius 1 is 1.21 bits per heavy atom. The molecule has 0 aliphatic heterocycles. The second-order valence-electron chi connectivity index (χ2n) is 6.03. The van der Waals surface area contributed by atoms with Crippen LogP contribution in [0.15, 0.2) is 30.6 Å². The zero-order valence-corrected chi connectivity index (χ0v) is 14.5. The molecule has 3 rings (SSSR count). The molecule has 1 N–H and O–H groups in total. The molecule has 12 heteroatoms. The topological polar surface area (TPSA) is 77.1 Å². The predicted molar refractivity (Wildman–Crippen MR) is 86.9 cm³/mol. The van der Waals surface area contributed by atoms with Crippen molar-refractivity contribution < 1.29 is 26.7 Å². The Kier molecular flexibility index (Phi) is 5.04. The van der Waals surface area contributed by atoms with Gasteiger partial charge in [0.2, 0.25) is 0 Å². The third-order valence-corrected chi connectivity index (χ3v) is 3.87. The molecule has 0 radical (unpaired) electrons. The van der Waals surface area contributed by atoms with Crippen molar-refractivity contribution in [1.82, 2.24) is 29.7 Å². The number of nitrogens with one attached hydrogen (secondary N) is 1. The third-order valence-electron chi connectivity index (χ3n) is 3.87. The highest BCUT2D eigenvalue weighted by atomic mass is 19.4. The molecule has 3 heterocycles. The Labute approximate surface area is 155 Å². The van der Waals surface area contributed by atoms with Crippen LogP contribution in [0.4, 0.5) is 22.0 Å². The average Bonchev–Trinajstić information content (AvgIpc) is 3.26. The minimum absolute atomic E-state index is 0.0579. The van der Waals surface area contributed by atoms with Gasteiger partial charge in [-0.15, -0.1) is 0 Å². The minimum atomic E-state index is -5.81. The average molecular weight is 402 g/mol. The third kappa shape index (κ3) is 3.80. The molecule has 0 saturated heterocycles. The number of carbonyl (C=O) groups excluding carboxylic acids is 1. The standard InChI is InChI=1S/C16H15F5N6O/c1-10-8-12(15(17,18)16(19,20)21)27-13(24-10)9-11(25-27)14(28)22-4-2-6-26-7-3-5-23-26/h3,5,7-9H,2,4,6H2,1H3,(H,22,28). The van der Waals surface area contributed by atoms with Crippen LogP contribution in [0, 0.1) is 6.92 Å². The Bertz CT molecular complexity index is 979. The number of alkyl halides is 5. The first-order valence-corrected chi connectivity index (χ1v) is 8.17. The normalized spacial score (nSPS) is 12.5. The second kappa shape index (κ2) is 7.17. The molecule has 0 spiro atoms. The monoisotopic (exact) mass is 402 g/mol. The fraction of sp³-hybridized carbons (Fsp3) is 0.375. The quantitative estimate of drug-likeness (QED) is 0.508. The van der Waals surface area contributed by atoms with Crippen LogP contribution < -0.4 is 5.32 Å². The number of carbonyl (C=O) groups is 1. The molecule has 3 aromatic heterocycles. The zero-order valence-electron chi connectivity index (χ0n) is 14.5. The van der Waals surface area contributed by atoms with Crippen LogP contribution >= 0.6 is 0 Å². The fourth-order valence-electron chi connectivity index (χ4n) is 2.55. The highest BCUT2D eigenvalue weighted by Gasteiger charge is 2.60. The summed E-state index contributed by atoms with van der Waals surface area (Å²) in [7, 11) is 0. The summed E-state index contributed by atoms with van der Waals surface area (Å²) in [5.41, 5.74) is -2.05. The number of aromatic nitrogens is 5. The molecule has 28 heavy (non-hydrogen) atoms. The van der Waals surface area contributed by atoms with Crippen molar-refractivity contribution in [3.8, 4) is 0 Å². The van der Waals surface area contributed by atoms with Crippen LogP contribution in [0.25, 0.3) is 5.65 Å². The number of fused-ring (bicyclic) bond motifs is 1. The molecular weight excluding hydrogens is 387 g/mol. The maximum atomic E-state index is 13.8. The van der Waals surface area contributed by atoms with E-state index in [0.29, 0.717) is 23.5 Å². The van der Waals surface area contributed by atoms with Crippen LogP contribution in [0.3, 0.4) is 0 Å². The van der Waals surface area contributed by atoms with Gasteiger partial charge in [0.1, 0.15) is 5.69 Å². The fourth-order valence-corrected chi connectivity index (χ4v) is 2.55. The highest BCUT2D eigenvalue weighted by molar-refractivity contribution is 5.93. The van der Waals surface area contributed by atoms with E-state index in [1.54, 1.807) is 23.1 Å².